The van der Waals surface area contributed by atoms with Gasteiger partial charge in [-0.15, -0.1) is 0 Å². The van der Waals surface area contributed by atoms with E-state index in [9.17, 15) is 33.6 Å². The van der Waals surface area contributed by atoms with Crippen LogP contribution in [0.25, 0.3) is 0 Å². The minimum absolute atomic E-state index is 0.0361. The highest BCUT2D eigenvalue weighted by atomic mass is 16.6. The monoisotopic (exact) mass is 1010 g/mol. The van der Waals surface area contributed by atoms with Gasteiger partial charge in [0.05, 0.1) is 52.4 Å². The van der Waals surface area contributed by atoms with Crippen molar-refractivity contribution in [3.63, 3.8) is 0 Å². The van der Waals surface area contributed by atoms with Crippen LogP contribution in [0.2, 0.25) is 0 Å². The fourth-order valence-electron chi connectivity index (χ4n) is 8.26. The van der Waals surface area contributed by atoms with E-state index in [1.807, 2.05) is 0 Å². The third-order valence-corrected chi connectivity index (χ3v) is 12.4. The number of piperidine rings is 1. The maximum absolute atomic E-state index is 13.7. The van der Waals surface area contributed by atoms with Gasteiger partial charge >= 0.3 is 41.9 Å². The third kappa shape index (κ3) is 37.5. The molecular weight excluding hydrogens is 911 g/mol. The van der Waals surface area contributed by atoms with Gasteiger partial charge in [-0.1, -0.05) is 156 Å². The van der Waals surface area contributed by atoms with Crippen LogP contribution in [-0.2, 0) is 61.9 Å². The van der Waals surface area contributed by atoms with Crippen LogP contribution in [0.5, 0.6) is 0 Å². The van der Waals surface area contributed by atoms with E-state index < -0.39 is 47.7 Å². The standard InChI is InChI=1S/C56H99NO14/c1-8-12-16-20-24-28-32-49(58)65-41-45(42-66-50(59)33-29-25-21-17-13-9-2)36-53(62)69-47-38-48(40-57(39-47)55(64)71-56(5,6)7)70-54(63)37-46(43-67-51(60)34-30-26-22-18-14-10-3)44-68-52(61)35-31-27-23-19-15-11-4/h45-48H,8-44H2,1-7H3/t47-,48+. The Bertz CT molecular complexity index is 1310. The lowest BCUT2D eigenvalue weighted by Crippen LogP contribution is -2.52. The van der Waals surface area contributed by atoms with Crippen LogP contribution in [0, 0.1) is 11.8 Å². The SMILES string of the molecule is CCCCCCCCC(=O)OCC(COC(=O)CCCCCCCC)CC(=O)O[C@@H]1C[C@H](OC(=O)CC(COC(=O)CCCCCCCC)COC(=O)CCCCCCCC)CN(C(=O)OC(C)(C)C)C1. The van der Waals surface area contributed by atoms with Gasteiger partial charge in [0, 0.05) is 43.9 Å². The van der Waals surface area contributed by atoms with E-state index in [1.165, 1.54) is 4.90 Å². The smallest absolute Gasteiger partial charge is 0.410 e. The molecule has 1 aliphatic heterocycles. The van der Waals surface area contributed by atoms with E-state index in [2.05, 4.69) is 27.7 Å². The fraction of sp³-hybridized carbons (Fsp3) is 0.875. The maximum Gasteiger partial charge on any atom is 0.410 e. The largest absolute Gasteiger partial charge is 0.465 e. The predicted molar refractivity (Wildman–Crippen MR) is 274 cm³/mol. The van der Waals surface area contributed by atoms with Crippen LogP contribution in [0.1, 0.15) is 248 Å². The van der Waals surface area contributed by atoms with Gasteiger partial charge < -0.3 is 38.1 Å². The van der Waals surface area contributed by atoms with Crippen molar-refractivity contribution in [3.8, 4) is 0 Å². The second kappa shape index (κ2) is 41.6. The van der Waals surface area contributed by atoms with Crippen LogP contribution in [-0.4, -0.2) is 104 Å². The van der Waals surface area contributed by atoms with Gasteiger partial charge in [0.25, 0.3) is 0 Å². The molecule has 0 unspecified atom stereocenters. The van der Waals surface area contributed by atoms with E-state index in [1.54, 1.807) is 20.8 Å². The van der Waals surface area contributed by atoms with Crippen LogP contribution < -0.4 is 0 Å². The summed E-state index contributed by atoms with van der Waals surface area (Å²) in [7, 11) is 0. The number of likely N-dealkylation sites (tertiary alicyclic amines) is 1. The Morgan fingerprint density at radius 2 is 0.676 bits per heavy atom. The highest BCUT2D eigenvalue weighted by Gasteiger charge is 2.37. The Hall–Kier alpha value is -3.91. The number of hydrogen-bond donors (Lipinski definition) is 0. The van der Waals surface area contributed by atoms with Gasteiger partial charge in [-0.2, -0.15) is 0 Å². The summed E-state index contributed by atoms with van der Waals surface area (Å²) in [5, 5.41) is 0. The summed E-state index contributed by atoms with van der Waals surface area (Å²) >= 11 is 0. The molecule has 0 spiro atoms. The van der Waals surface area contributed by atoms with Gasteiger partial charge in [0.1, 0.15) is 17.8 Å². The molecule has 0 aromatic rings. The van der Waals surface area contributed by atoms with E-state index in [-0.39, 0.29) is 108 Å². The number of ether oxygens (including phenoxy) is 7. The van der Waals surface area contributed by atoms with Gasteiger partial charge in [0.2, 0.25) is 0 Å². The number of carbonyl (C=O) groups excluding carboxylic acids is 7. The first-order valence-corrected chi connectivity index (χ1v) is 28.1. The van der Waals surface area contributed by atoms with Crippen LogP contribution in [0.4, 0.5) is 4.79 Å². The lowest BCUT2D eigenvalue weighted by Gasteiger charge is -2.37. The van der Waals surface area contributed by atoms with Gasteiger partial charge in [-0.05, 0) is 46.5 Å². The van der Waals surface area contributed by atoms with Crippen molar-refractivity contribution in [2.45, 2.75) is 265 Å². The molecule has 0 saturated carbocycles. The highest BCUT2D eigenvalue weighted by molar-refractivity contribution is 5.73. The first-order valence-electron chi connectivity index (χ1n) is 28.1. The molecule has 0 radical (unpaired) electrons. The Morgan fingerprint density at radius 3 is 0.944 bits per heavy atom. The minimum Gasteiger partial charge on any atom is -0.465 e. The van der Waals surface area contributed by atoms with Crippen LogP contribution in [0.3, 0.4) is 0 Å². The molecule has 15 heteroatoms. The van der Waals surface area contributed by atoms with Crippen molar-refractivity contribution >= 4 is 41.9 Å². The summed E-state index contributed by atoms with van der Waals surface area (Å²) < 4.78 is 39.9. The number of hydrogen-bond acceptors (Lipinski definition) is 14. The molecular formula is C56H99NO14. The number of unbranched alkanes of at least 4 members (excludes halogenated alkanes) is 20. The van der Waals surface area contributed by atoms with Gasteiger partial charge in [0.15, 0.2) is 0 Å². The minimum atomic E-state index is -0.908. The second-order valence-electron chi connectivity index (χ2n) is 20.8. The number of rotatable bonds is 42. The first kappa shape index (κ1) is 65.1. The fourth-order valence-corrected chi connectivity index (χ4v) is 8.26. The summed E-state index contributed by atoms with van der Waals surface area (Å²) in [6, 6.07) is 0. The number of nitrogens with zero attached hydrogens (tertiary/aromatic N) is 1. The third-order valence-electron chi connectivity index (χ3n) is 12.4. The molecule has 1 fully saturated rings. The number of amides is 1. The molecule has 0 bridgehead atoms. The summed E-state index contributed by atoms with van der Waals surface area (Å²) in [5.74, 6) is -4.24. The normalized spacial score (nSPS) is 14.8. The molecule has 0 aromatic carbocycles. The lowest BCUT2D eigenvalue weighted by molar-refractivity contribution is -0.167. The molecule has 0 aliphatic carbocycles. The number of carbonyl (C=O) groups is 7. The van der Waals surface area contributed by atoms with Crippen molar-refractivity contribution in [2.75, 3.05) is 39.5 Å². The molecule has 1 rings (SSSR count). The maximum atomic E-state index is 13.7. The topological polar surface area (TPSA) is 187 Å². The molecule has 1 amide bonds. The van der Waals surface area contributed by atoms with Crippen LogP contribution >= 0.6 is 0 Å². The zero-order valence-corrected chi connectivity index (χ0v) is 45.6. The molecule has 412 valence electrons. The second-order valence-corrected chi connectivity index (χ2v) is 20.8. The quantitative estimate of drug-likeness (QED) is 0.0319. The van der Waals surface area contributed by atoms with Crippen molar-refractivity contribution in [3.05, 3.63) is 0 Å². The molecule has 15 nitrogen and oxygen atoms in total. The van der Waals surface area contributed by atoms with Crippen molar-refractivity contribution in [1.82, 2.24) is 4.90 Å². The average molecular weight is 1010 g/mol. The summed E-state index contributed by atoms with van der Waals surface area (Å²) in [5.41, 5.74) is -0.842. The average Bonchev–Trinajstić information content (AvgIpc) is 3.31. The molecule has 0 aromatic heterocycles. The Morgan fingerprint density at radius 1 is 0.408 bits per heavy atom. The Balaban J connectivity index is 3.09. The number of esters is 6. The zero-order chi connectivity index (χ0) is 52.5. The predicted octanol–water partition coefficient (Wildman–Crippen LogP) is 12.6. The van der Waals surface area contributed by atoms with Gasteiger partial charge in [-0.25, -0.2) is 4.79 Å². The van der Waals surface area contributed by atoms with E-state index >= 15 is 0 Å². The molecule has 0 N–H and O–H groups in total. The van der Waals surface area contributed by atoms with Gasteiger partial charge in [-0.3, -0.25) is 28.8 Å². The van der Waals surface area contributed by atoms with E-state index in [0.717, 1.165) is 128 Å². The Kier molecular flexibility index (Phi) is 38.1. The highest BCUT2D eigenvalue weighted by Crippen LogP contribution is 2.23. The summed E-state index contributed by atoms with van der Waals surface area (Å²) in [6.45, 7) is 13.1. The van der Waals surface area contributed by atoms with Crippen molar-refractivity contribution in [2.24, 2.45) is 11.8 Å². The van der Waals surface area contributed by atoms with E-state index in [4.69, 9.17) is 33.2 Å². The first-order chi connectivity index (χ1) is 34.1. The summed E-state index contributed by atoms with van der Waals surface area (Å²) in [6.07, 6.45) is 22.4. The molecule has 1 heterocycles. The summed E-state index contributed by atoms with van der Waals surface area (Å²) in [4.78, 5) is 92.9. The molecule has 1 aliphatic rings. The lowest BCUT2D eigenvalue weighted by atomic mass is 10.0. The van der Waals surface area contributed by atoms with E-state index in [0.29, 0.717) is 25.7 Å². The molecule has 1 saturated heterocycles. The van der Waals surface area contributed by atoms with Crippen LogP contribution in [0.15, 0.2) is 0 Å². The van der Waals surface area contributed by atoms with Crippen molar-refractivity contribution < 1.29 is 66.7 Å². The molecule has 2 atom stereocenters. The Labute approximate surface area is 428 Å². The zero-order valence-electron chi connectivity index (χ0n) is 45.6. The molecule has 71 heavy (non-hydrogen) atoms. The van der Waals surface area contributed by atoms with Crippen molar-refractivity contribution in [1.29, 1.82) is 0 Å².